The summed E-state index contributed by atoms with van der Waals surface area (Å²) < 4.78 is 10.4. The highest BCUT2D eigenvalue weighted by Gasteiger charge is 2.27. The van der Waals surface area contributed by atoms with Gasteiger partial charge in [-0.15, -0.1) is 0 Å². The van der Waals surface area contributed by atoms with Crippen molar-refractivity contribution in [2.24, 2.45) is 11.7 Å². The Bertz CT molecular complexity index is 973. The summed E-state index contributed by atoms with van der Waals surface area (Å²) in [5.41, 5.74) is 6.01. The van der Waals surface area contributed by atoms with Crippen LogP contribution in [0, 0.1) is 5.92 Å². The summed E-state index contributed by atoms with van der Waals surface area (Å²) in [4.78, 5) is 30.4. The van der Waals surface area contributed by atoms with Gasteiger partial charge in [-0.25, -0.2) is 9.59 Å². The van der Waals surface area contributed by atoms with Crippen molar-refractivity contribution >= 4 is 29.5 Å². The number of carbonyl (C=O) groups excluding carboxylic acids is 1. The van der Waals surface area contributed by atoms with Gasteiger partial charge in [-0.05, 0) is 47.7 Å². The van der Waals surface area contributed by atoms with E-state index in [1.165, 1.54) is 7.11 Å². The first-order valence-electron chi connectivity index (χ1n) is 10.1. The number of aliphatic carboxylic acids is 2. The molecule has 0 aliphatic heterocycles. The van der Waals surface area contributed by atoms with Crippen LogP contribution >= 0.6 is 11.6 Å². The maximum absolute atomic E-state index is 11.3. The van der Waals surface area contributed by atoms with Crippen LogP contribution in [0.1, 0.15) is 24.5 Å². The third kappa shape index (κ3) is 11.5. The van der Waals surface area contributed by atoms with Gasteiger partial charge in [0.2, 0.25) is 0 Å². The number of carbonyl (C=O) groups is 3. The predicted octanol–water partition coefficient (Wildman–Crippen LogP) is 2.98. The number of ether oxygens (including phenoxy) is 2. The highest BCUT2D eigenvalue weighted by Crippen LogP contribution is 2.26. The number of rotatable bonds is 10. The summed E-state index contributed by atoms with van der Waals surface area (Å²) in [5.74, 6) is -2.09. The third-order valence-corrected chi connectivity index (χ3v) is 4.62. The fourth-order valence-electron chi connectivity index (χ4n) is 2.79. The van der Waals surface area contributed by atoms with Crippen LogP contribution in [0.3, 0.4) is 0 Å². The smallest absolute Gasteiger partial charge is 0.328 e. The van der Waals surface area contributed by atoms with Crippen molar-refractivity contribution in [3.8, 4) is 5.75 Å². The fraction of sp³-hybridized carbons (Fsp3) is 0.292. The molecule has 0 aromatic heterocycles. The Balaban J connectivity index is 0.000000620. The number of hydrogen-bond donors (Lipinski definition) is 4. The predicted molar refractivity (Wildman–Crippen MR) is 125 cm³/mol. The van der Waals surface area contributed by atoms with Gasteiger partial charge in [0.25, 0.3) is 0 Å². The molecule has 10 heteroatoms. The minimum absolute atomic E-state index is 0.0127. The average molecular weight is 494 g/mol. The molecule has 0 fully saturated rings. The van der Waals surface area contributed by atoms with Gasteiger partial charge in [-0.1, -0.05) is 42.8 Å². The Hall–Kier alpha value is -3.40. The van der Waals surface area contributed by atoms with Crippen LogP contribution in [0.15, 0.2) is 60.7 Å². The van der Waals surface area contributed by atoms with Gasteiger partial charge in [-0.2, -0.15) is 0 Å². The van der Waals surface area contributed by atoms with E-state index >= 15 is 0 Å². The second kappa shape index (κ2) is 14.0. The molecule has 0 radical (unpaired) electrons. The number of esters is 1. The molecule has 0 heterocycles. The third-order valence-electron chi connectivity index (χ3n) is 4.39. The monoisotopic (exact) mass is 493 g/mol. The zero-order valence-electron chi connectivity index (χ0n) is 18.8. The number of methoxy groups -OCH3 is 1. The molecule has 2 atom stereocenters. The van der Waals surface area contributed by atoms with Crippen LogP contribution in [0.4, 0.5) is 0 Å². The summed E-state index contributed by atoms with van der Waals surface area (Å²) >= 11 is 5.96. The number of halogens is 1. The molecule has 2 aromatic rings. The van der Waals surface area contributed by atoms with Gasteiger partial charge in [0.05, 0.1) is 20.1 Å². The Kier molecular flexibility index (Phi) is 11.8. The summed E-state index contributed by atoms with van der Waals surface area (Å²) in [7, 11) is 1.36. The van der Waals surface area contributed by atoms with E-state index in [1.807, 2.05) is 19.1 Å². The molecule has 0 aliphatic carbocycles. The summed E-state index contributed by atoms with van der Waals surface area (Å²) in [5, 5.41) is 26.7. The maximum atomic E-state index is 11.3. The van der Waals surface area contributed by atoms with E-state index in [0.717, 1.165) is 5.56 Å². The molecule has 0 spiro atoms. The molecule has 2 unspecified atom stereocenters. The zero-order chi connectivity index (χ0) is 25.7. The molecule has 184 valence electrons. The topological polar surface area (TPSA) is 156 Å². The Morgan fingerprint density at radius 2 is 1.68 bits per heavy atom. The van der Waals surface area contributed by atoms with E-state index in [1.54, 1.807) is 36.4 Å². The highest BCUT2D eigenvalue weighted by molar-refractivity contribution is 6.30. The van der Waals surface area contributed by atoms with Crippen LogP contribution in [-0.4, -0.2) is 46.9 Å². The lowest BCUT2D eigenvalue weighted by molar-refractivity contribution is -0.139. The van der Waals surface area contributed by atoms with Gasteiger partial charge >= 0.3 is 17.9 Å². The van der Waals surface area contributed by atoms with Crippen LogP contribution in [0.5, 0.6) is 5.75 Å². The zero-order valence-corrected chi connectivity index (χ0v) is 19.6. The standard InChI is InChI=1S/C20H24ClNO4.C4H4O4/c1-14(12-20(22,24)16-4-3-5-17(21)11-16)13-26-18-8-6-15(7-9-18)10-19(23)25-2;5-3(6)1-2-4(7)8/h3-9,11,14,24H,10,12-13,22H2,1-2H3;1-2H,(H,5,6)(H,7,8). The van der Waals surface area contributed by atoms with E-state index in [9.17, 15) is 19.5 Å². The molecule has 5 N–H and O–H groups in total. The van der Waals surface area contributed by atoms with Crippen molar-refractivity contribution in [2.45, 2.75) is 25.5 Å². The average Bonchev–Trinajstić information content (AvgIpc) is 2.77. The van der Waals surface area contributed by atoms with Crippen LogP contribution < -0.4 is 10.5 Å². The Labute approximate surface area is 202 Å². The molecular weight excluding hydrogens is 466 g/mol. The van der Waals surface area contributed by atoms with E-state index in [0.29, 0.717) is 41.5 Å². The van der Waals surface area contributed by atoms with Crippen molar-refractivity contribution in [3.05, 3.63) is 76.8 Å². The number of aliphatic hydroxyl groups is 1. The molecule has 0 amide bonds. The van der Waals surface area contributed by atoms with Crippen molar-refractivity contribution < 1.29 is 39.2 Å². The molecule has 2 rings (SSSR count). The van der Waals surface area contributed by atoms with Crippen LogP contribution in [-0.2, 0) is 31.3 Å². The second-order valence-corrected chi connectivity index (χ2v) is 7.90. The molecule has 0 aliphatic rings. The van der Waals surface area contributed by atoms with Gasteiger partial charge < -0.3 is 24.8 Å². The normalized spacial score (nSPS) is 13.2. The molecule has 0 saturated carbocycles. The van der Waals surface area contributed by atoms with Crippen molar-refractivity contribution in [2.75, 3.05) is 13.7 Å². The largest absolute Gasteiger partial charge is 0.493 e. The van der Waals surface area contributed by atoms with Crippen molar-refractivity contribution in [1.82, 2.24) is 0 Å². The quantitative estimate of drug-likeness (QED) is 0.222. The molecule has 9 nitrogen and oxygen atoms in total. The molecule has 34 heavy (non-hydrogen) atoms. The van der Waals surface area contributed by atoms with Gasteiger partial charge in [0.15, 0.2) is 0 Å². The second-order valence-electron chi connectivity index (χ2n) is 7.46. The van der Waals surface area contributed by atoms with Crippen LogP contribution in [0.2, 0.25) is 5.02 Å². The number of benzene rings is 2. The number of carboxylic acids is 2. The highest BCUT2D eigenvalue weighted by atomic mass is 35.5. The van der Waals surface area contributed by atoms with Crippen LogP contribution in [0.25, 0.3) is 0 Å². The first kappa shape index (κ1) is 28.6. The maximum Gasteiger partial charge on any atom is 0.328 e. The van der Waals surface area contributed by atoms with E-state index < -0.39 is 17.7 Å². The van der Waals surface area contributed by atoms with E-state index in [-0.39, 0.29) is 18.3 Å². The number of nitrogens with two attached hydrogens (primary N) is 1. The Morgan fingerprint density at radius 3 is 2.18 bits per heavy atom. The lowest BCUT2D eigenvalue weighted by atomic mass is 9.93. The first-order chi connectivity index (χ1) is 15.9. The Morgan fingerprint density at radius 1 is 1.09 bits per heavy atom. The van der Waals surface area contributed by atoms with Crippen molar-refractivity contribution in [3.63, 3.8) is 0 Å². The minimum atomic E-state index is -1.47. The van der Waals surface area contributed by atoms with Crippen molar-refractivity contribution in [1.29, 1.82) is 0 Å². The molecule has 0 bridgehead atoms. The lowest BCUT2D eigenvalue weighted by Gasteiger charge is -2.27. The fourth-order valence-corrected chi connectivity index (χ4v) is 2.98. The SMILES string of the molecule is COC(=O)Cc1ccc(OCC(C)CC(N)(O)c2cccc(Cl)c2)cc1.O=C(O)C=CC(=O)O. The number of hydrogen-bond acceptors (Lipinski definition) is 7. The van der Waals surface area contributed by atoms with Gasteiger partial charge in [0, 0.05) is 17.2 Å². The summed E-state index contributed by atoms with van der Waals surface area (Å²) in [6, 6.07) is 14.1. The summed E-state index contributed by atoms with van der Waals surface area (Å²) in [6.45, 7) is 2.35. The molecule has 0 saturated heterocycles. The van der Waals surface area contributed by atoms with Gasteiger partial charge in [0.1, 0.15) is 11.5 Å². The minimum Gasteiger partial charge on any atom is -0.493 e. The van der Waals surface area contributed by atoms with Gasteiger partial charge in [-0.3, -0.25) is 10.5 Å². The molecular formula is C24H28ClNO8. The lowest BCUT2D eigenvalue weighted by Crippen LogP contribution is -2.39. The van der Waals surface area contributed by atoms with E-state index in [2.05, 4.69) is 4.74 Å². The number of carboxylic acid groups (broad SMARTS) is 2. The van der Waals surface area contributed by atoms with E-state index in [4.69, 9.17) is 32.3 Å². The summed E-state index contributed by atoms with van der Waals surface area (Å²) in [6.07, 6.45) is 1.67. The first-order valence-corrected chi connectivity index (χ1v) is 10.5. The molecule has 2 aromatic carbocycles.